The number of nitrogens with two attached hydrogens (primary N) is 3. The number of carboxylic acid groups (broad SMARTS) is 1. The number of unbranched alkanes of at least 4 members (excludes halogenated alkanes) is 2. The maximum atomic E-state index is 14.0. The second kappa shape index (κ2) is 36.8. The van der Waals surface area contributed by atoms with Crippen LogP contribution in [0.3, 0.4) is 0 Å². The van der Waals surface area contributed by atoms with Crippen LogP contribution >= 0.6 is 0 Å². The van der Waals surface area contributed by atoms with Gasteiger partial charge in [0.25, 0.3) is 0 Å². The highest BCUT2D eigenvalue weighted by Gasteiger charge is 2.36. The molecular formula is C54H94N12O12. The van der Waals surface area contributed by atoms with Gasteiger partial charge in [-0.1, -0.05) is 98.6 Å². The van der Waals surface area contributed by atoms with E-state index in [9.17, 15) is 58.2 Å². The highest BCUT2D eigenvalue weighted by Crippen LogP contribution is 2.14. The molecule has 0 spiro atoms. The summed E-state index contributed by atoms with van der Waals surface area (Å²) in [6.45, 7) is 17.0. The number of aliphatic carboxylic acids is 1. The zero-order chi connectivity index (χ0) is 59.2. The Balaban J connectivity index is 3.21. The lowest BCUT2D eigenvalue weighted by Crippen LogP contribution is -2.61. The molecule has 0 saturated carbocycles. The van der Waals surface area contributed by atoms with Crippen LogP contribution in [0.25, 0.3) is 0 Å². The van der Waals surface area contributed by atoms with Crippen molar-refractivity contribution >= 4 is 59.1 Å². The van der Waals surface area contributed by atoms with Gasteiger partial charge in [0.1, 0.15) is 54.4 Å². The summed E-state index contributed by atoms with van der Waals surface area (Å²) < 4.78 is 0. The number of aliphatic hydroxyl groups is 1. The van der Waals surface area contributed by atoms with E-state index in [1.807, 2.05) is 27.7 Å². The smallest absolute Gasteiger partial charge is 0.326 e. The van der Waals surface area contributed by atoms with Crippen molar-refractivity contribution in [2.75, 3.05) is 19.7 Å². The van der Waals surface area contributed by atoms with Crippen molar-refractivity contribution in [3.63, 3.8) is 0 Å². The number of carbonyl (C=O) groups is 10. The van der Waals surface area contributed by atoms with Crippen LogP contribution in [0, 0.1) is 23.7 Å². The van der Waals surface area contributed by atoms with Gasteiger partial charge in [0.2, 0.25) is 53.2 Å². The van der Waals surface area contributed by atoms with E-state index in [4.69, 9.17) is 17.2 Å². The fourth-order valence-electron chi connectivity index (χ4n) is 8.15. The third-order valence-corrected chi connectivity index (χ3v) is 12.9. The SMILES string of the molecule is CC[C@H](C)[C@H](NC(=O)[C@H](CC(C)C)NC(=O)[C@H](C)NC(=O)[C@H](C)NC(=O)[C@H](CC(C)C)NC(=O)[C@@H](N)CCCCN)C(=O)N[C@@H](CO)C(=O)N[C@@H](CCCCN)C(=O)N[C@@H](CC(C)C)C(=O)N[C@@H](Cc1ccccc1)C(=O)O. The van der Waals surface area contributed by atoms with E-state index in [0.29, 0.717) is 50.6 Å². The van der Waals surface area contributed by atoms with E-state index in [2.05, 4.69) is 47.9 Å². The number of carbonyl (C=O) groups excluding carboxylic acids is 9. The van der Waals surface area contributed by atoms with Gasteiger partial charge in [-0.15, -0.1) is 0 Å². The first-order valence-electron chi connectivity index (χ1n) is 27.5. The van der Waals surface area contributed by atoms with Crippen molar-refractivity contribution < 1.29 is 58.2 Å². The first-order chi connectivity index (χ1) is 36.7. The number of nitrogens with one attached hydrogen (secondary N) is 9. The van der Waals surface area contributed by atoms with Crippen molar-refractivity contribution in [2.45, 2.75) is 200 Å². The normalized spacial score (nSPS) is 15.6. The molecule has 11 atom stereocenters. The van der Waals surface area contributed by atoms with Gasteiger partial charge in [-0.05, 0) is 108 Å². The molecule has 442 valence electrons. The molecule has 0 aliphatic rings. The Hall–Kier alpha value is -6.24. The Morgan fingerprint density at radius 1 is 0.462 bits per heavy atom. The summed E-state index contributed by atoms with van der Waals surface area (Å²) in [6, 6.07) is -3.49. The quantitative estimate of drug-likeness (QED) is 0.0371. The summed E-state index contributed by atoms with van der Waals surface area (Å²) in [4.78, 5) is 135. The van der Waals surface area contributed by atoms with Gasteiger partial charge >= 0.3 is 5.97 Å². The second-order valence-electron chi connectivity index (χ2n) is 21.5. The molecule has 0 fully saturated rings. The zero-order valence-electron chi connectivity index (χ0n) is 47.6. The third kappa shape index (κ3) is 26.4. The highest BCUT2D eigenvalue weighted by atomic mass is 16.4. The fourth-order valence-corrected chi connectivity index (χ4v) is 8.15. The zero-order valence-corrected chi connectivity index (χ0v) is 47.6. The minimum atomic E-state index is -1.63. The minimum absolute atomic E-state index is 0.0115. The molecule has 0 aliphatic carbocycles. The van der Waals surface area contributed by atoms with Gasteiger partial charge in [-0.2, -0.15) is 0 Å². The Bertz CT molecular complexity index is 2080. The van der Waals surface area contributed by atoms with Crippen molar-refractivity contribution in [1.29, 1.82) is 0 Å². The number of rotatable bonds is 38. The molecule has 0 unspecified atom stereocenters. The van der Waals surface area contributed by atoms with Crippen molar-refractivity contribution in [1.82, 2.24) is 47.9 Å². The maximum absolute atomic E-state index is 14.0. The second-order valence-corrected chi connectivity index (χ2v) is 21.5. The van der Waals surface area contributed by atoms with E-state index >= 15 is 0 Å². The molecule has 0 saturated heterocycles. The Kier molecular flexibility index (Phi) is 32.9. The summed E-state index contributed by atoms with van der Waals surface area (Å²) >= 11 is 0. The highest BCUT2D eigenvalue weighted by molar-refractivity contribution is 5.98. The number of amides is 9. The predicted octanol–water partition coefficient (Wildman–Crippen LogP) is -0.521. The van der Waals surface area contributed by atoms with Gasteiger partial charge < -0.3 is 75.3 Å². The fraction of sp³-hybridized carbons (Fsp3) is 0.704. The van der Waals surface area contributed by atoms with Crippen molar-refractivity contribution in [3.05, 3.63) is 35.9 Å². The third-order valence-electron chi connectivity index (χ3n) is 12.9. The van der Waals surface area contributed by atoms with E-state index in [-0.39, 0.29) is 56.4 Å². The van der Waals surface area contributed by atoms with E-state index < -0.39 is 132 Å². The standard InChI is InChI=1S/C54H94N12O12/c1-11-33(8)44(66-51(74)41(27-32(6)7)61-46(69)35(10)58-45(68)34(9)59-49(72)39(25-30(2)3)62-47(70)37(57)21-15-17-23-55)53(76)65-43(29-67)52(75)60-38(22-16-18-24-56)48(71)63-40(26-31(4)5)50(73)64-42(54(77)78)28-36-19-13-12-14-20-36/h12-14,19-20,30-35,37-44,67H,11,15-18,21-29,55-57H2,1-10H3,(H,58,68)(H,59,72)(H,60,75)(H,61,69)(H,62,70)(H,63,71)(H,64,73)(H,65,76)(H,66,74)(H,77,78)/t33-,34-,35-,37-,38-,39-,40-,41-,42-,43-,44-/m0/s1. The molecule has 17 N–H and O–H groups in total. The lowest BCUT2D eigenvalue weighted by atomic mass is 9.96. The van der Waals surface area contributed by atoms with Crippen LogP contribution in [0.5, 0.6) is 0 Å². The summed E-state index contributed by atoms with van der Waals surface area (Å²) in [6.07, 6.45) is 3.38. The number of benzene rings is 1. The first kappa shape index (κ1) is 69.8. The van der Waals surface area contributed by atoms with Gasteiger partial charge in [0, 0.05) is 6.42 Å². The molecule has 24 nitrogen and oxygen atoms in total. The van der Waals surface area contributed by atoms with E-state index in [1.165, 1.54) is 13.8 Å². The molecule has 0 heterocycles. The summed E-state index contributed by atoms with van der Waals surface area (Å²) in [7, 11) is 0. The molecule has 1 aromatic carbocycles. The number of hydrogen-bond acceptors (Lipinski definition) is 14. The average molecular weight is 1100 g/mol. The van der Waals surface area contributed by atoms with Crippen LogP contribution in [0.4, 0.5) is 0 Å². The largest absolute Gasteiger partial charge is 0.480 e. The monoisotopic (exact) mass is 1100 g/mol. The lowest BCUT2D eigenvalue weighted by Gasteiger charge is -2.29. The van der Waals surface area contributed by atoms with Gasteiger partial charge in [-0.25, -0.2) is 4.79 Å². The van der Waals surface area contributed by atoms with Crippen LogP contribution in [-0.4, -0.2) is 149 Å². The van der Waals surface area contributed by atoms with Gasteiger partial charge in [0.05, 0.1) is 12.6 Å². The molecule has 1 aromatic rings. The molecule has 0 bridgehead atoms. The predicted molar refractivity (Wildman–Crippen MR) is 295 cm³/mol. The lowest BCUT2D eigenvalue weighted by molar-refractivity contribution is -0.142. The molecule has 78 heavy (non-hydrogen) atoms. The first-order valence-corrected chi connectivity index (χ1v) is 27.5. The van der Waals surface area contributed by atoms with E-state index in [0.717, 1.165) is 0 Å². The van der Waals surface area contributed by atoms with Crippen LogP contribution in [-0.2, 0) is 54.4 Å². The summed E-state index contributed by atoms with van der Waals surface area (Å²) in [5.74, 6) is -8.88. The Morgan fingerprint density at radius 2 is 0.846 bits per heavy atom. The number of aliphatic hydroxyl groups excluding tert-OH is 1. The minimum Gasteiger partial charge on any atom is -0.480 e. The average Bonchev–Trinajstić information content (AvgIpc) is 3.37. The number of hydrogen-bond donors (Lipinski definition) is 14. The maximum Gasteiger partial charge on any atom is 0.326 e. The molecule has 0 radical (unpaired) electrons. The molecular weight excluding hydrogens is 1010 g/mol. The van der Waals surface area contributed by atoms with Crippen molar-refractivity contribution in [2.24, 2.45) is 40.9 Å². The summed E-state index contributed by atoms with van der Waals surface area (Å²) in [5.41, 5.74) is 18.0. The number of carboxylic acids is 1. The van der Waals surface area contributed by atoms with Crippen LogP contribution in [0.2, 0.25) is 0 Å². The topological polar surface area (TPSA) is 397 Å². The molecule has 1 rings (SSSR count). The van der Waals surface area contributed by atoms with Gasteiger partial charge in [0.15, 0.2) is 0 Å². The van der Waals surface area contributed by atoms with Gasteiger partial charge in [-0.3, -0.25) is 43.2 Å². The van der Waals surface area contributed by atoms with E-state index in [1.54, 1.807) is 58.0 Å². The summed E-state index contributed by atoms with van der Waals surface area (Å²) in [5, 5.41) is 43.8. The van der Waals surface area contributed by atoms with Crippen LogP contribution in [0.15, 0.2) is 30.3 Å². The molecule has 9 amide bonds. The Labute approximate surface area is 460 Å². The van der Waals surface area contributed by atoms with Crippen LogP contribution < -0.4 is 65.1 Å². The molecule has 24 heteroatoms. The van der Waals surface area contributed by atoms with Crippen LogP contribution in [0.1, 0.15) is 139 Å². The van der Waals surface area contributed by atoms with Crippen molar-refractivity contribution in [3.8, 4) is 0 Å². The Morgan fingerprint density at radius 3 is 1.32 bits per heavy atom. The molecule has 0 aromatic heterocycles. The molecule has 0 aliphatic heterocycles.